The largest absolute Gasteiger partial charge is 0.416 e. The molecule has 1 aliphatic heterocycles. The van der Waals surface area contributed by atoms with Crippen LogP contribution in [0.25, 0.3) is 0 Å². The Balaban J connectivity index is 1.55. The fourth-order valence-electron chi connectivity index (χ4n) is 3.40. The van der Waals surface area contributed by atoms with Crippen LogP contribution in [0.5, 0.6) is 0 Å². The number of amides is 2. The summed E-state index contributed by atoms with van der Waals surface area (Å²) >= 11 is 0. The maximum Gasteiger partial charge on any atom is 0.416 e. The number of aryl methyl sites for hydroxylation is 1. The standard InChI is InChI=1S/C20H24F3N5O2/c21-20(22,23)16-5-1-4-15(12-16)14-27-11-8-25-19(30)17(27)13-18(29)24-6-2-9-28-10-3-7-26-28/h1,3-5,7,10,12,17H,2,6,8-9,11,13-14H2,(H,24,29)(H,25,30). The fourth-order valence-corrected chi connectivity index (χ4v) is 3.40. The van der Waals surface area contributed by atoms with Gasteiger partial charge in [-0.3, -0.25) is 19.2 Å². The molecule has 0 bridgehead atoms. The van der Waals surface area contributed by atoms with Crippen molar-refractivity contribution in [3.8, 4) is 0 Å². The molecule has 3 rings (SSSR count). The highest BCUT2D eigenvalue weighted by Crippen LogP contribution is 2.30. The highest BCUT2D eigenvalue weighted by molar-refractivity contribution is 5.88. The van der Waals surface area contributed by atoms with Gasteiger partial charge < -0.3 is 10.6 Å². The molecule has 0 saturated carbocycles. The zero-order valence-electron chi connectivity index (χ0n) is 16.4. The summed E-state index contributed by atoms with van der Waals surface area (Å²) in [5, 5.41) is 9.59. The number of nitrogens with one attached hydrogen (secondary N) is 2. The van der Waals surface area contributed by atoms with Crippen molar-refractivity contribution in [3.63, 3.8) is 0 Å². The van der Waals surface area contributed by atoms with Crippen LogP contribution in [0.2, 0.25) is 0 Å². The van der Waals surface area contributed by atoms with Crippen LogP contribution in [0.3, 0.4) is 0 Å². The van der Waals surface area contributed by atoms with E-state index < -0.39 is 17.8 Å². The Morgan fingerprint density at radius 1 is 1.30 bits per heavy atom. The van der Waals surface area contributed by atoms with Gasteiger partial charge in [-0.2, -0.15) is 18.3 Å². The van der Waals surface area contributed by atoms with E-state index in [1.807, 2.05) is 12.3 Å². The monoisotopic (exact) mass is 423 g/mol. The molecule has 1 atom stereocenters. The van der Waals surface area contributed by atoms with Gasteiger partial charge in [-0.05, 0) is 24.1 Å². The van der Waals surface area contributed by atoms with E-state index in [0.717, 1.165) is 12.1 Å². The molecule has 2 amide bonds. The van der Waals surface area contributed by atoms with Gasteiger partial charge in [-0.25, -0.2) is 0 Å². The van der Waals surface area contributed by atoms with Crippen LogP contribution in [-0.4, -0.2) is 52.2 Å². The summed E-state index contributed by atoms with van der Waals surface area (Å²) in [6.45, 7) is 2.12. The highest BCUT2D eigenvalue weighted by atomic mass is 19.4. The van der Waals surface area contributed by atoms with Gasteiger partial charge in [0.05, 0.1) is 18.0 Å². The van der Waals surface area contributed by atoms with Crippen LogP contribution < -0.4 is 10.6 Å². The summed E-state index contributed by atoms with van der Waals surface area (Å²) < 4.78 is 40.6. The van der Waals surface area contributed by atoms with E-state index >= 15 is 0 Å². The average Bonchev–Trinajstić information content (AvgIpc) is 3.21. The van der Waals surface area contributed by atoms with Crippen molar-refractivity contribution in [2.75, 3.05) is 19.6 Å². The first-order valence-corrected chi connectivity index (χ1v) is 9.75. The first-order chi connectivity index (χ1) is 14.3. The van der Waals surface area contributed by atoms with E-state index in [9.17, 15) is 22.8 Å². The molecule has 1 aliphatic rings. The Morgan fingerprint density at radius 2 is 2.13 bits per heavy atom. The number of nitrogens with zero attached hydrogens (tertiary/aromatic N) is 3. The SMILES string of the molecule is O=C(CC1C(=O)NCCN1Cc1cccc(C(F)(F)F)c1)NCCCn1cccn1. The Labute approximate surface area is 172 Å². The molecule has 1 fully saturated rings. The molecule has 2 N–H and O–H groups in total. The number of benzene rings is 1. The maximum atomic E-state index is 13.0. The predicted octanol–water partition coefficient (Wildman–Crippen LogP) is 1.80. The van der Waals surface area contributed by atoms with Crippen molar-refractivity contribution in [2.45, 2.75) is 38.1 Å². The smallest absolute Gasteiger partial charge is 0.356 e. The topological polar surface area (TPSA) is 79.3 Å². The third kappa shape index (κ3) is 6.06. The Kier molecular flexibility index (Phi) is 7.09. The van der Waals surface area contributed by atoms with Gasteiger partial charge in [0.15, 0.2) is 0 Å². The van der Waals surface area contributed by atoms with Gasteiger partial charge in [-0.15, -0.1) is 0 Å². The average molecular weight is 423 g/mol. The second-order valence-electron chi connectivity index (χ2n) is 7.15. The van der Waals surface area contributed by atoms with Crippen LogP contribution in [-0.2, 0) is 28.9 Å². The number of carbonyl (C=O) groups is 2. The molecule has 162 valence electrons. The molecule has 2 aromatic rings. The number of halogens is 3. The quantitative estimate of drug-likeness (QED) is 0.635. The van der Waals surface area contributed by atoms with Crippen molar-refractivity contribution in [2.24, 2.45) is 0 Å². The molecular formula is C20H24F3N5O2. The second-order valence-corrected chi connectivity index (χ2v) is 7.15. The first-order valence-electron chi connectivity index (χ1n) is 9.75. The normalized spacial score (nSPS) is 17.6. The van der Waals surface area contributed by atoms with E-state index in [4.69, 9.17) is 0 Å². The number of alkyl halides is 3. The lowest BCUT2D eigenvalue weighted by Gasteiger charge is -2.34. The summed E-state index contributed by atoms with van der Waals surface area (Å²) in [5.41, 5.74) is -0.280. The van der Waals surface area contributed by atoms with E-state index in [1.54, 1.807) is 21.8 Å². The molecule has 10 heteroatoms. The van der Waals surface area contributed by atoms with Crippen LogP contribution in [0, 0.1) is 0 Å². The van der Waals surface area contributed by atoms with Crippen molar-refractivity contribution < 1.29 is 22.8 Å². The molecule has 0 spiro atoms. The van der Waals surface area contributed by atoms with Gasteiger partial charge in [0, 0.05) is 45.1 Å². The summed E-state index contributed by atoms with van der Waals surface area (Å²) in [6.07, 6.45) is -0.269. The number of carbonyl (C=O) groups excluding carboxylic acids is 2. The predicted molar refractivity (Wildman–Crippen MR) is 103 cm³/mol. The zero-order chi connectivity index (χ0) is 21.6. The number of hydrogen-bond acceptors (Lipinski definition) is 4. The lowest BCUT2D eigenvalue weighted by Crippen LogP contribution is -2.56. The van der Waals surface area contributed by atoms with Gasteiger partial charge in [0.1, 0.15) is 0 Å². The van der Waals surface area contributed by atoms with Gasteiger partial charge in [0.2, 0.25) is 11.8 Å². The van der Waals surface area contributed by atoms with E-state index in [1.165, 1.54) is 6.07 Å². The number of piperazine rings is 1. The Morgan fingerprint density at radius 3 is 2.87 bits per heavy atom. The minimum absolute atomic E-state index is 0.0490. The lowest BCUT2D eigenvalue weighted by molar-refractivity contribution is -0.137. The van der Waals surface area contributed by atoms with Crippen LogP contribution in [0.1, 0.15) is 24.0 Å². The van der Waals surface area contributed by atoms with Gasteiger partial charge in [-0.1, -0.05) is 18.2 Å². The third-order valence-electron chi connectivity index (χ3n) is 4.91. The minimum atomic E-state index is -4.43. The van der Waals surface area contributed by atoms with E-state index in [0.29, 0.717) is 38.2 Å². The molecular weight excluding hydrogens is 399 g/mol. The molecule has 1 unspecified atom stereocenters. The summed E-state index contributed by atoms with van der Waals surface area (Å²) in [5.74, 6) is -0.563. The van der Waals surface area contributed by atoms with Crippen LogP contribution in [0.4, 0.5) is 13.2 Å². The van der Waals surface area contributed by atoms with E-state index in [-0.39, 0.29) is 24.8 Å². The second kappa shape index (κ2) is 9.75. The number of rotatable bonds is 8. The van der Waals surface area contributed by atoms with Gasteiger partial charge >= 0.3 is 6.18 Å². The Bertz CT molecular complexity index is 854. The minimum Gasteiger partial charge on any atom is -0.356 e. The summed E-state index contributed by atoms with van der Waals surface area (Å²) in [6, 6.07) is 6.13. The van der Waals surface area contributed by atoms with Crippen molar-refractivity contribution >= 4 is 11.8 Å². The van der Waals surface area contributed by atoms with Crippen molar-refractivity contribution in [1.82, 2.24) is 25.3 Å². The summed E-state index contributed by atoms with van der Waals surface area (Å²) in [4.78, 5) is 26.4. The highest BCUT2D eigenvalue weighted by Gasteiger charge is 2.33. The number of aromatic nitrogens is 2. The molecule has 1 aromatic heterocycles. The van der Waals surface area contributed by atoms with Crippen molar-refractivity contribution in [3.05, 3.63) is 53.9 Å². The molecule has 0 radical (unpaired) electrons. The van der Waals surface area contributed by atoms with Crippen LogP contribution in [0.15, 0.2) is 42.7 Å². The molecule has 1 aromatic carbocycles. The van der Waals surface area contributed by atoms with Crippen LogP contribution >= 0.6 is 0 Å². The number of hydrogen-bond donors (Lipinski definition) is 2. The Hall–Kier alpha value is -2.88. The third-order valence-corrected chi connectivity index (χ3v) is 4.91. The fraction of sp³-hybridized carbons (Fsp3) is 0.450. The lowest BCUT2D eigenvalue weighted by atomic mass is 10.0. The van der Waals surface area contributed by atoms with Gasteiger partial charge in [0.25, 0.3) is 0 Å². The van der Waals surface area contributed by atoms with E-state index in [2.05, 4.69) is 15.7 Å². The van der Waals surface area contributed by atoms with Crippen molar-refractivity contribution in [1.29, 1.82) is 0 Å². The zero-order valence-corrected chi connectivity index (χ0v) is 16.4. The summed E-state index contributed by atoms with van der Waals surface area (Å²) in [7, 11) is 0. The molecule has 0 aliphatic carbocycles. The maximum absolute atomic E-state index is 13.0. The first kappa shape index (κ1) is 21.8. The molecule has 2 heterocycles. The molecule has 30 heavy (non-hydrogen) atoms. The molecule has 7 nitrogen and oxygen atoms in total. The molecule has 1 saturated heterocycles.